The smallest absolute Gasteiger partial charge is 0.336 e. The molecule has 0 saturated heterocycles. The van der Waals surface area contributed by atoms with E-state index in [1.54, 1.807) is 13.2 Å². The maximum absolute atomic E-state index is 12.4. The van der Waals surface area contributed by atoms with Crippen LogP contribution in [0.2, 0.25) is 0 Å². The number of carboxylic acid groups (broad SMARTS) is 1. The highest BCUT2D eigenvalue weighted by atomic mass is 16.5. The summed E-state index contributed by atoms with van der Waals surface area (Å²) >= 11 is 0. The fourth-order valence-corrected chi connectivity index (χ4v) is 5.13. The van der Waals surface area contributed by atoms with Gasteiger partial charge in [0.05, 0.1) is 28.7 Å². The first-order valence-electron chi connectivity index (χ1n) is 12.1. The molecule has 0 aliphatic heterocycles. The Labute approximate surface area is 204 Å². The molecule has 1 saturated carbocycles. The molecule has 2 heterocycles. The zero-order valence-electron chi connectivity index (χ0n) is 20.7. The Hall–Kier alpha value is -3.38. The van der Waals surface area contributed by atoms with E-state index in [0.717, 1.165) is 47.8 Å². The minimum absolute atomic E-state index is 0.0569. The third-order valence-corrected chi connectivity index (χ3v) is 7.56. The number of rotatable bonds is 6. The second kappa shape index (κ2) is 9.00. The van der Waals surface area contributed by atoms with Gasteiger partial charge in [0.25, 0.3) is 0 Å². The summed E-state index contributed by atoms with van der Waals surface area (Å²) in [5.74, 6) is 0.540. The number of nitrogens with zero attached hydrogens (tertiary/aromatic N) is 1. The first-order valence-corrected chi connectivity index (χ1v) is 12.1. The molecule has 0 amide bonds. The van der Waals surface area contributed by atoms with E-state index in [9.17, 15) is 9.90 Å². The molecule has 6 nitrogen and oxygen atoms in total. The summed E-state index contributed by atoms with van der Waals surface area (Å²) in [6.45, 7) is 6.61. The van der Waals surface area contributed by atoms with E-state index in [-0.39, 0.29) is 11.2 Å². The number of ether oxygens (including phenoxy) is 2. The molecular weight excluding hydrogens is 442 g/mol. The van der Waals surface area contributed by atoms with Crippen molar-refractivity contribution in [2.75, 3.05) is 13.7 Å². The van der Waals surface area contributed by atoms with Gasteiger partial charge in [-0.3, -0.25) is 0 Å². The van der Waals surface area contributed by atoms with Crippen LogP contribution in [0.3, 0.4) is 0 Å². The first kappa shape index (κ1) is 23.4. The number of carbonyl (C=O) groups is 1. The number of aromatic nitrogens is 1. The SMILES string of the molecule is CO[C@]1(C)CC[C@@H](COc2ccc(C)c3nc(-c4oc5ccccc5c4C)cc(C(=O)O)c23)CC1. The molecule has 1 N–H and O–H groups in total. The lowest BCUT2D eigenvalue weighted by Gasteiger charge is -2.36. The van der Waals surface area contributed by atoms with Gasteiger partial charge in [-0.05, 0) is 76.1 Å². The van der Waals surface area contributed by atoms with Crippen molar-refractivity contribution >= 4 is 27.8 Å². The Bertz CT molecular complexity index is 1410. The lowest BCUT2D eigenvalue weighted by Crippen LogP contribution is -2.34. The van der Waals surface area contributed by atoms with E-state index in [1.807, 2.05) is 50.2 Å². The summed E-state index contributed by atoms with van der Waals surface area (Å²) in [4.78, 5) is 17.3. The van der Waals surface area contributed by atoms with Gasteiger partial charge in [-0.2, -0.15) is 0 Å². The van der Waals surface area contributed by atoms with Gasteiger partial charge in [0.2, 0.25) is 0 Å². The molecule has 6 heteroatoms. The molecule has 2 aromatic heterocycles. The summed E-state index contributed by atoms with van der Waals surface area (Å²) in [6.07, 6.45) is 4.03. The van der Waals surface area contributed by atoms with E-state index in [0.29, 0.717) is 40.6 Å². The number of aryl methyl sites for hydroxylation is 2. The minimum Gasteiger partial charge on any atom is -0.493 e. The van der Waals surface area contributed by atoms with Crippen LogP contribution >= 0.6 is 0 Å². The Balaban J connectivity index is 1.53. The Morgan fingerprint density at radius 2 is 1.91 bits per heavy atom. The highest BCUT2D eigenvalue weighted by Gasteiger charge is 2.31. The largest absolute Gasteiger partial charge is 0.493 e. The van der Waals surface area contributed by atoms with Crippen molar-refractivity contribution in [3.63, 3.8) is 0 Å². The molecule has 0 bridgehead atoms. The van der Waals surface area contributed by atoms with Crippen molar-refractivity contribution in [3.8, 4) is 17.2 Å². The van der Waals surface area contributed by atoms with Crippen molar-refractivity contribution in [3.05, 3.63) is 59.2 Å². The van der Waals surface area contributed by atoms with Crippen LogP contribution in [0.1, 0.15) is 54.1 Å². The number of carboxylic acids is 1. The van der Waals surface area contributed by atoms with Crippen LogP contribution in [-0.4, -0.2) is 35.4 Å². The van der Waals surface area contributed by atoms with E-state index in [2.05, 4.69) is 6.92 Å². The molecule has 182 valence electrons. The fourth-order valence-electron chi connectivity index (χ4n) is 5.13. The molecule has 5 rings (SSSR count). The minimum atomic E-state index is -1.02. The molecule has 1 fully saturated rings. The molecule has 0 unspecified atom stereocenters. The molecule has 0 spiro atoms. The van der Waals surface area contributed by atoms with Crippen LogP contribution < -0.4 is 4.74 Å². The van der Waals surface area contributed by atoms with Gasteiger partial charge in [-0.15, -0.1) is 0 Å². The zero-order chi connectivity index (χ0) is 24.7. The second-order valence-corrected chi connectivity index (χ2v) is 9.93. The van der Waals surface area contributed by atoms with Gasteiger partial charge >= 0.3 is 5.97 Å². The van der Waals surface area contributed by atoms with Crippen LogP contribution in [0.5, 0.6) is 5.75 Å². The lowest BCUT2D eigenvalue weighted by atomic mass is 9.80. The Morgan fingerprint density at radius 1 is 1.17 bits per heavy atom. The summed E-state index contributed by atoms with van der Waals surface area (Å²) in [7, 11) is 1.77. The second-order valence-electron chi connectivity index (χ2n) is 9.93. The van der Waals surface area contributed by atoms with Gasteiger partial charge in [0.15, 0.2) is 5.76 Å². The molecule has 35 heavy (non-hydrogen) atoms. The number of hydrogen-bond donors (Lipinski definition) is 1. The van der Waals surface area contributed by atoms with E-state index >= 15 is 0 Å². The monoisotopic (exact) mass is 473 g/mol. The molecule has 0 radical (unpaired) electrons. The predicted octanol–water partition coefficient (Wildman–Crippen LogP) is 6.94. The van der Waals surface area contributed by atoms with Crippen molar-refractivity contribution in [2.45, 2.75) is 52.1 Å². The zero-order valence-corrected chi connectivity index (χ0v) is 20.7. The van der Waals surface area contributed by atoms with Crippen LogP contribution in [0.15, 0.2) is 46.9 Å². The number of fused-ring (bicyclic) bond motifs is 2. The number of hydrogen-bond acceptors (Lipinski definition) is 5. The molecule has 1 aliphatic carbocycles. The molecular formula is C29H31NO5. The van der Waals surface area contributed by atoms with Crippen molar-refractivity contribution in [1.82, 2.24) is 4.98 Å². The van der Waals surface area contributed by atoms with Crippen LogP contribution in [0.4, 0.5) is 0 Å². The van der Waals surface area contributed by atoms with E-state index in [1.165, 1.54) is 0 Å². The molecule has 4 aromatic rings. The summed E-state index contributed by atoms with van der Waals surface area (Å²) in [5.41, 5.74) is 3.82. The Kier molecular flexibility index (Phi) is 6.01. The van der Waals surface area contributed by atoms with Crippen molar-refractivity contribution < 1.29 is 23.8 Å². The number of methoxy groups -OCH3 is 1. The summed E-state index contributed by atoms with van der Waals surface area (Å²) < 4.78 is 18.0. The molecule has 1 aliphatic rings. The molecule has 2 aromatic carbocycles. The van der Waals surface area contributed by atoms with Gasteiger partial charge in [0, 0.05) is 18.1 Å². The normalized spacial score (nSPS) is 20.4. The third kappa shape index (κ3) is 4.27. The van der Waals surface area contributed by atoms with Gasteiger partial charge in [-0.25, -0.2) is 9.78 Å². The number of para-hydroxylation sites is 1. The highest BCUT2D eigenvalue weighted by molar-refractivity contribution is 6.07. The maximum atomic E-state index is 12.4. The molecule has 0 atom stereocenters. The number of aromatic carboxylic acids is 1. The standard InChI is InChI=1S/C29H31NO5/c1-17-9-10-24(34-16-19-11-13-29(3,33-4)14-12-19)25-21(28(31)32)15-22(30-26(17)25)27-18(2)20-7-5-6-8-23(20)35-27/h5-10,15,19H,11-14,16H2,1-4H3,(H,31,32)/t19-,29-. The number of furan rings is 1. The maximum Gasteiger partial charge on any atom is 0.336 e. The van der Waals surface area contributed by atoms with E-state index in [4.69, 9.17) is 18.9 Å². The van der Waals surface area contributed by atoms with Crippen molar-refractivity contribution in [1.29, 1.82) is 0 Å². The highest BCUT2D eigenvalue weighted by Crippen LogP contribution is 2.38. The quantitative estimate of drug-likeness (QED) is 0.327. The van der Waals surface area contributed by atoms with Gasteiger partial charge in [0.1, 0.15) is 17.0 Å². The number of benzene rings is 2. The van der Waals surface area contributed by atoms with Crippen LogP contribution in [-0.2, 0) is 4.74 Å². The summed E-state index contributed by atoms with van der Waals surface area (Å²) in [5, 5.41) is 11.7. The Morgan fingerprint density at radius 3 is 2.60 bits per heavy atom. The average Bonchev–Trinajstić information content (AvgIpc) is 3.20. The van der Waals surface area contributed by atoms with Crippen LogP contribution in [0, 0.1) is 19.8 Å². The lowest BCUT2D eigenvalue weighted by molar-refractivity contribution is -0.0377. The number of pyridine rings is 1. The van der Waals surface area contributed by atoms with Gasteiger partial charge in [-0.1, -0.05) is 24.3 Å². The predicted molar refractivity (Wildman–Crippen MR) is 136 cm³/mol. The average molecular weight is 474 g/mol. The van der Waals surface area contributed by atoms with Crippen molar-refractivity contribution in [2.24, 2.45) is 5.92 Å². The first-order chi connectivity index (χ1) is 16.8. The third-order valence-electron chi connectivity index (χ3n) is 7.56. The summed E-state index contributed by atoms with van der Waals surface area (Å²) in [6, 6.07) is 13.2. The van der Waals surface area contributed by atoms with Gasteiger partial charge < -0.3 is 19.0 Å². The fraction of sp³-hybridized carbons (Fsp3) is 0.379. The van der Waals surface area contributed by atoms with E-state index < -0.39 is 5.97 Å². The van der Waals surface area contributed by atoms with Crippen LogP contribution in [0.25, 0.3) is 33.3 Å². The topological polar surface area (TPSA) is 81.8 Å².